The molecule has 5 heteroatoms. The number of nitrogens with zero attached hydrogens (tertiary/aromatic N) is 1. The number of likely N-dealkylation sites (tertiary alicyclic amines) is 1. The van der Waals surface area contributed by atoms with Crippen LogP contribution in [-0.2, 0) is 6.54 Å². The van der Waals surface area contributed by atoms with Crippen LogP contribution in [-0.4, -0.2) is 35.7 Å². The molecule has 132 valence electrons. The van der Waals surface area contributed by atoms with Gasteiger partial charge in [-0.1, -0.05) is 26.8 Å². The second kappa shape index (κ2) is 5.87. The monoisotopic (exact) mass is 332 g/mol. The van der Waals surface area contributed by atoms with Gasteiger partial charge in [0.2, 0.25) is 0 Å². The number of rotatable bonds is 3. The molecule has 24 heavy (non-hydrogen) atoms. The number of ether oxygens (including phenoxy) is 1. The molecule has 0 radical (unpaired) electrons. The fraction of sp³-hybridized carbons (Fsp3) is 0.632. The van der Waals surface area contributed by atoms with Crippen molar-refractivity contribution in [3.63, 3.8) is 0 Å². The van der Waals surface area contributed by atoms with Crippen molar-refractivity contribution < 1.29 is 14.6 Å². The molecule has 0 unspecified atom stereocenters. The second-order valence-corrected chi connectivity index (χ2v) is 8.51. The topological polar surface area (TPSA) is 61.8 Å². The highest BCUT2D eigenvalue weighted by molar-refractivity contribution is 5.75. The number of carbonyl (C=O) groups is 1. The average Bonchev–Trinajstić information content (AvgIpc) is 2.75. The van der Waals surface area contributed by atoms with E-state index in [1.165, 1.54) is 13.5 Å². The Hall–Kier alpha value is -1.91. The van der Waals surface area contributed by atoms with Crippen LogP contribution in [0.5, 0.6) is 11.5 Å². The van der Waals surface area contributed by atoms with Gasteiger partial charge in [-0.05, 0) is 47.8 Å². The highest BCUT2D eigenvalue weighted by Gasteiger charge is 2.50. The fourth-order valence-corrected chi connectivity index (χ4v) is 4.81. The molecule has 0 aromatic heterocycles. The Kier molecular flexibility index (Phi) is 4.14. The number of aromatic hydroxyl groups is 1. The summed E-state index contributed by atoms with van der Waals surface area (Å²) in [6.07, 6.45) is 3.36. The minimum atomic E-state index is 0.00784. The van der Waals surface area contributed by atoms with Gasteiger partial charge < -0.3 is 20.1 Å². The van der Waals surface area contributed by atoms with E-state index < -0.39 is 0 Å². The Morgan fingerprint density at radius 1 is 1.38 bits per heavy atom. The zero-order chi connectivity index (χ0) is 17.5. The molecule has 0 spiro atoms. The maximum atomic E-state index is 12.7. The van der Waals surface area contributed by atoms with E-state index in [1.807, 2.05) is 4.90 Å². The summed E-state index contributed by atoms with van der Waals surface area (Å²) >= 11 is 0. The van der Waals surface area contributed by atoms with E-state index in [-0.39, 0.29) is 17.2 Å². The number of hydrogen-bond acceptors (Lipinski definition) is 3. The predicted molar refractivity (Wildman–Crippen MR) is 93.1 cm³/mol. The van der Waals surface area contributed by atoms with Crippen LogP contribution in [0.3, 0.4) is 0 Å². The van der Waals surface area contributed by atoms with Crippen molar-refractivity contribution in [3.8, 4) is 11.5 Å². The molecule has 1 heterocycles. The number of hydrogen-bond donors (Lipinski definition) is 2. The van der Waals surface area contributed by atoms with E-state index in [1.54, 1.807) is 18.2 Å². The van der Waals surface area contributed by atoms with Gasteiger partial charge in [0.25, 0.3) is 0 Å². The SMILES string of the molecule is COc1cc(CNC(=O)N2C[C@]3(C)C[C@H]2CC(C)(C)C3)ccc1O. The summed E-state index contributed by atoms with van der Waals surface area (Å²) in [7, 11) is 1.52. The van der Waals surface area contributed by atoms with Crippen molar-refractivity contribution in [3.05, 3.63) is 23.8 Å². The number of urea groups is 1. The number of phenols is 1. The molecular formula is C19H28N2O3. The molecule has 2 fully saturated rings. The Labute approximate surface area is 144 Å². The molecule has 2 amide bonds. The van der Waals surface area contributed by atoms with Crippen LogP contribution in [0.15, 0.2) is 18.2 Å². The molecule has 1 saturated heterocycles. The number of methoxy groups -OCH3 is 1. The van der Waals surface area contributed by atoms with Gasteiger partial charge in [0.15, 0.2) is 11.5 Å². The van der Waals surface area contributed by atoms with Crippen molar-refractivity contribution in [1.29, 1.82) is 0 Å². The van der Waals surface area contributed by atoms with Crippen molar-refractivity contribution in [2.45, 2.75) is 52.6 Å². The summed E-state index contributed by atoms with van der Waals surface area (Å²) in [6, 6.07) is 5.49. The summed E-state index contributed by atoms with van der Waals surface area (Å²) in [5, 5.41) is 12.7. The number of nitrogens with one attached hydrogen (secondary N) is 1. The zero-order valence-electron chi connectivity index (χ0n) is 15.1. The van der Waals surface area contributed by atoms with Crippen LogP contribution in [0.1, 0.15) is 45.6 Å². The standard InChI is InChI=1S/C19H28N2O3/c1-18(2)8-14-9-19(3,11-18)12-21(14)17(23)20-10-13-5-6-15(22)16(7-13)24-4/h5-7,14,22H,8-12H2,1-4H3,(H,20,23)/t14-,19-/m1/s1. The maximum absolute atomic E-state index is 12.7. The van der Waals surface area contributed by atoms with Crippen molar-refractivity contribution in [1.82, 2.24) is 10.2 Å². The Morgan fingerprint density at radius 2 is 2.12 bits per heavy atom. The van der Waals surface area contributed by atoms with Gasteiger partial charge in [-0.25, -0.2) is 4.79 Å². The number of fused-ring (bicyclic) bond motifs is 2. The molecule has 1 aliphatic carbocycles. The lowest BCUT2D eigenvalue weighted by molar-refractivity contribution is 0.129. The van der Waals surface area contributed by atoms with Gasteiger partial charge in [0.05, 0.1) is 7.11 Å². The summed E-state index contributed by atoms with van der Waals surface area (Å²) in [5.41, 5.74) is 1.45. The molecule has 2 aliphatic rings. The third kappa shape index (κ3) is 3.30. The second-order valence-electron chi connectivity index (χ2n) is 8.51. The van der Waals surface area contributed by atoms with Gasteiger partial charge in [-0.15, -0.1) is 0 Å². The summed E-state index contributed by atoms with van der Waals surface area (Å²) in [4.78, 5) is 14.7. The Bertz CT molecular complexity index is 643. The highest BCUT2D eigenvalue weighted by Crippen LogP contribution is 2.52. The Morgan fingerprint density at radius 3 is 2.83 bits per heavy atom. The van der Waals surface area contributed by atoms with Crippen LogP contribution in [0.4, 0.5) is 4.79 Å². The first kappa shape index (κ1) is 16.9. The van der Waals surface area contributed by atoms with Gasteiger partial charge in [0.1, 0.15) is 0 Å². The van der Waals surface area contributed by atoms with Crippen molar-refractivity contribution >= 4 is 6.03 Å². The predicted octanol–water partition coefficient (Wildman–Crippen LogP) is 3.51. The quantitative estimate of drug-likeness (QED) is 0.890. The first-order valence-corrected chi connectivity index (χ1v) is 8.62. The van der Waals surface area contributed by atoms with Gasteiger partial charge in [-0.3, -0.25) is 0 Å². The van der Waals surface area contributed by atoms with E-state index >= 15 is 0 Å². The largest absolute Gasteiger partial charge is 0.504 e. The zero-order valence-corrected chi connectivity index (χ0v) is 15.1. The molecule has 1 saturated carbocycles. The molecule has 3 rings (SSSR count). The van der Waals surface area contributed by atoms with Gasteiger partial charge >= 0.3 is 6.03 Å². The van der Waals surface area contributed by atoms with Crippen molar-refractivity contribution in [2.24, 2.45) is 10.8 Å². The minimum Gasteiger partial charge on any atom is -0.504 e. The molecule has 2 N–H and O–H groups in total. The van der Waals surface area contributed by atoms with E-state index in [0.29, 0.717) is 23.8 Å². The Balaban J connectivity index is 1.64. The molecule has 1 aromatic carbocycles. The molecule has 2 atom stereocenters. The molecule has 2 bridgehead atoms. The van der Waals surface area contributed by atoms with E-state index in [9.17, 15) is 9.90 Å². The molecule has 1 aliphatic heterocycles. The number of amides is 2. The highest BCUT2D eigenvalue weighted by atomic mass is 16.5. The number of phenolic OH excluding ortho intramolecular Hbond substituents is 1. The summed E-state index contributed by atoms with van der Waals surface area (Å²) < 4.78 is 5.11. The maximum Gasteiger partial charge on any atom is 0.317 e. The first-order valence-electron chi connectivity index (χ1n) is 8.62. The van der Waals surface area contributed by atoms with E-state index in [2.05, 4.69) is 26.1 Å². The average molecular weight is 332 g/mol. The normalized spacial score (nSPS) is 27.8. The van der Waals surface area contributed by atoms with Crippen LogP contribution < -0.4 is 10.1 Å². The molecule has 1 aromatic rings. The van der Waals surface area contributed by atoms with Crippen LogP contribution >= 0.6 is 0 Å². The number of carbonyl (C=O) groups excluding carboxylic acids is 1. The molecule has 5 nitrogen and oxygen atoms in total. The fourth-order valence-electron chi connectivity index (χ4n) is 4.81. The van der Waals surface area contributed by atoms with Gasteiger partial charge in [-0.2, -0.15) is 0 Å². The lowest BCUT2D eigenvalue weighted by atomic mass is 9.65. The first-order chi connectivity index (χ1) is 11.2. The summed E-state index contributed by atoms with van der Waals surface area (Å²) in [5.74, 6) is 0.532. The minimum absolute atomic E-state index is 0.00784. The van der Waals surface area contributed by atoms with Gasteiger partial charge in [0, 0.05) is 19.1 Å². The number of benzene rings is 1. The van der Waals surface area contributed by atoms with Crippen LogP contribution in [0.2, 0.25) is 0 Å². The third-order valence-corrected chi connectivity index (χ3v) is 5.36. The van der Waals surface area contributed by atoms with Crippen LogP contribution in [0.25, 0.3) is 0 Å². The lowest BCUT2D eigenvalue weighted by Gasteiger charge is -2.39. The third-order valence-electron chi connectivity index (χ3n) is 5.36. The lowest BCUT2D eigenvalue weighted by Crippen LogP contribution is -2.43. The van der Waals surface area contributed by atoms with E-state index in [0.717, 1.165) is 24.9 Å². The van der Waals surface area contributed by atoms with Crippen LogP contribution in [0, 0.1) is 10.8 Å². The van der Waals surface area contributed by atoms with Crippen molar-refractivity contribution in [2.75, 3.05) is 13.7 Å². The smallest absolute Gasteiger partial charge is 0.317 e. The summed E-state index contributed by atoms with van der Waals surface area (Å²) in [6.45, 7) is 8.19. The van der Waals surface area contributed by atoms with E-state index in [4.69, 9.17) is 4.74 Å². The molecular weight excluding hydrogens is 304 g/mol.